The summed E-state index contributed by atoms with van der Waals surface area (Å²) in [5.41, 5.74) is 8.62. The third-order valence-corrected chi connectivity index (χ3v) is 23.0. The molecule has 0 saturated heterocycles. The van der Waals surface area contributed by atoms with Gasteiger partial charge in [0.15, 0.2) is 5.75 Å². The summed E-state index contributed by atoms with van der Waals surface area (Å²) in [6, 6.07) is 142. The Kier molecular flexibility index (Phi) is 30.8. The molecule has 0 spiro atoms. The highest BCUT2D eigenvalue weighted by Crippen LogP contribution is 2.46. The topological polar surface area (TPSA) is 207 Å². The first-order valence-corrected chi connectivity index (χ1v) is 44.5. The number of nitrogens with zero attached hydrogens (tertiary/aromatic N) is 4. The number of hydrogen-bond acceptors (Lipinski definition) is 18. The molecule has 670 valence electrons. The number of hydrogen-bond donors (Lipinski definition) is 0. The zero-order valence-electron chi connectivity index (χ0n) is 74.0. The summed E-state index contributed by atoms with van der Waals surface area (Å²) in [4.78, 5) is 42.4. The molecule has 0 radical (unpaired) electrons. The minimum atomic E-state index is -1.02. The molecule has 19 heteroatoms. The number of carbonyl (C=O) groups is 2. The Morgan fingerprint density at radius 1 is 0.276 bits per heavy atom. The Balaban J connectivity index is 0.578. The molecule has 0 aliphatic heterocycles. The number of anilines is 1. The molecule has 0 fully saturated rings. The van der Waals surface area contributed by atoms with Crippen LogP contribution in [0.5, 0.6) is 28.7 Å². The molecule has 19 nitrogen and oxygen atoms in total. The zero-order chi connectivity index (χ0) is 91.9. The Morgan fingerprint density at radius 3 is 0.776 bits per heavy atom. The van der Waals surface area contributed by atoms with Crippen LogP contribution in [0.15, 0.2) is 453 Å². The first kappa shape index (κ1) is 91.4. The van der Waals surface area contributed by atoms with E-state index in [2.05, 4.69) is 83.0 Å². The molecule has 0 aliphatic carbocycles. The Morgan fingerprint density at radius 2 is 0.522 bits per heavy atom. The number of esters is 2. The fraction of sp³-hybridized carbons (Fsp3) is 0.148. The second-order valence-electron chi connectivity index (χ2n) is 31.5. The van der Waals surface area contributed by atoms with Gasteiger partial charge in [0.1, 0.15) is 97.3 Å². The molecule has 0 aliphatic rings. The maximum atomic E-state index is 14.4. The van der Waals surface area contributed by atoms with Crippen molar-refractivity contribution in [2.75, 3.05) is 91.2 Å². The highest BCUT2D eigenvalue weighted by atomic mass is 16.6. The highest BCUT2D eigenvalue weighted by Gasteiger charge is 2.42. The maximum absolute atomic E-state index is 14.4. The average molecular weight is 1780 g/mol. The number of nitro benzene ring substituents is 1. The van der Waals surface area contributed by atoms with Crippen LogP contribution in [0, 0.1) is 10.1 Å². The van der Waals surface area contributed by atoms with Crippen LogP contribution in [0.4, 0.5) is 22.7 Å². The molecule has 0 N–H and O–H groups in total. The predicted octanol–water partition coefficient (Wildman–Crippen LogP) is 24.1. The SMILES string of the molecule is CN(CCOC(=O)c1cc(OCCOC(c2ccccc2)(c2ccccc2)c2ccccc2)cc(OCCOC(c2ccccc2)(c2ccccc2)c2ccccc2)c1)c1ccc(N=Nc2ccc([N+](=O)[O-])cc2OCCOC(=O)c2cc(OCCOC(c3ccccc3)(c3ccccc3)c3ccccc3)cc(OCCOC(c3ccccc3)(c3ccccc3)c3ccccc3)c2)cc1. The molecule has 0 unspecified atom stereocenters. The van der Waals surface area contributed by atoms with Gasteiger partial charge in [-0.05, 0) is 121 Å². The summed E-state index contributed by atoms with van der Waals surface area (Å²) in [7, 11) is 1.87. The van der Waals surface area contributed by atoms with Crippen molar-refractivity contribution < 1.29 is 66.6 Å². The monoisotopic (exact) mass is 1780 g/mol. The van der Waals surface area contributed by atoms with Gasteiger partial charge in [-0.25, -0.2) is 9.59 Å². The van der Waals surface area contributed by atoms with Crippen molar-refractivity contribution in [3.05, 3.63) is 531 Å². The van der Waals surface area contributed by atoms with E-state index in [4.69, 9.17) is 52.1 Å². The van der Waals surface area contributed by atoms with Crippen molar-refractivity contribution in [3.63, 3.8) is 0 Å². The number of non-ortho nitro benzene ring substituents is 1. The molecule has 0 aromatic heterocycles. The molecule has 16 aromatic carbocycles. The molecule has 0 saturated carbocycles. The summed E-state index contributed by atoms with van der Waals surface area (Å²) in [5.74, 6) is 0.000861. The summed E-state index contributed by atoms with van der Waals surface area (Å²) in [6.07, 6.45) is 0. The fourth-order valence-electron chi connectivity index (χ4n) is 16.8. The van der Waals surface area contributed by atoms with Gasteiger partial charge in [0.05, 0.1) is 60.8 Å². The van der Waals surface area contributed by atoms with E-state index in [9.17, 15) is 19.7 Å². The van der Waals surface area contributed by atoms with Crippen molar-refractivity contribution in [2.24, 2.45) is 10.2 Å². The largest absolute Gasteiger partial charge is 0.491 e. The molecule has 134 heavy (non-hydrogen) atoms. The van der Waals surface area contributed by atoms with Crippen LogP contribution in [-0.2, 0) is 50.8 Å². The van der Waals surface area contributed by atoms with Crippen molar-refractivity contribution in [1.29, 1.82) is 0 Å². The van der Waals surface area contributed by atoms with E-state index in [1.807, 2.05) is 315 Å². The van der Waals surface area contributed by atoms with Crippen LogP contribution < -0.4 is 28.6 Å². The summed E-state index contributed by atoms with van der Waals surface area (Å²) in [6.45, 7) is 0.614. The van der Waals surface area contributed by atoms with Gasteiger partial charge in [0.25, 0.3) is 5.69 Å². The summed E-state index contributed by atoms with van der Waals surface area (Å²) < 4.78 is 72.4. The van der Waals surface area contributed by atoms with Crippen LogP contribution in [-0.4, -0.2) is 103 Å². The summed E-state index contributed by atoms with van der Waals surface area (Å²) in [5, 5.41) is 21.2. The highest BCUT2D eigenvalue weighted by molar-refractivity contribution is 5.91. The van der Waals surface area contributed by atoms with Crippen molar-refractivity contribution in [2.45, 2.75) is 22.4 Å². The van der Waals surface area contributed by atoms with Crippen LogP contribution in [0.3, 0.4) is 0 Å². The lowest BCUT2D eigenvalue weighted by molar-refractivity contribution is -0.384. The zero-order valence-corrected chi connectivity index (χ0v) is 74.0. The first-order valence-electron chi connectivity index (χ1n) is 44.5. The minimum absolute atomic E-state index is 0.000469. The van der Waals surface area contributed by atoms with E-state index >= 15 is 0 Å². The number of nitro groups is 1. The van der Waals surface area contributed by atoms with Crippen molar-refractivity contribution >= 4 is 34.7 Å². The normalized spacial score (nSPS) is 11.6. The molecule has 0 atom stereocenters. The molecule has 16 rings (SSSR count). The maximum Gasteiger partial charge on any atom is 0.338 e. The third kappa shape index (κ3) is 21.9. The minimum Gasteiger partial charge on any atom is -0.491 e. The lowest BCUT2D eigenvalue weighted by Gasteiger charge is -2.36. The first-order chi connectivity index (χ1) is 66.0. The number of rotatable bonds is 45. The van der Waals surface area contributed by atoms with Gasteiger partial charge in [-0.15, -0.1) is 5.11 Å². The Bertz CT molecular complexity index is 5740. The van der Waals surface area contributed by atoms with E-state index in [0.29, 0.717) is 35.2 Å². The van der Waals surface area contributed by atoms with Crippen LogP contribution >= 0.6 is 0 Å². The van der Waals surface area contributed by atoms with Gasteiger partial charge in [-0.2, -0.15) is 5.11 Å². The van der Waals surface area contributed by atoms with Gasteiger partial charge in [0, 0.05) is 30.9 Å². The van der Waals surface area contributed by atoms with Crippen molar-refractivity contribution in [3.8, 4) is 28.7 Å². The van der Waals surface area contributed by atoms with Gasteiger partial charge < -0.3 is 57.0 Å². The lowest BCUT2D eigenvalue weighted by Crippen LogP contribution is -2.34. The molecule has 0 heterocycles. The van der Waals surface area contributed by atoms with E-state index in [-0.39, 0.29) is 101 Å². The standard InChI is InChI=1S/C115H100N4O15/c1-118(68-69-129-110(120)87-80-104(124-72-76-131-112(89-38-14-2-15-39-89,90-40-16-3-17-41-90)91-42-18-4-19-43-91)85-105(81-87)125-73-77-132-113(92-44-20-5-21-45-92,93-46-22-6-23-47-93)94-48-24-7-25-49-94)102-64-62-101(63-65-102)116-117-108-67-66-103(119(122)123)84-109(108)128-70-71-130-111(121)88-82-106(126-74-78-133-114(95-50-26-8-27-51-95,96-52-28-9-29-53-96)97-54-30-10-31-55-97)86-107(83-88)127-75-79-134-115(98-56-32-11-33-57-98,99-58-34-12-35-59-99)100-60-36-13-37-61-100/h2-67,80-86H,68-79H2,1H3. The lowest BCUT2D eigenvalue weighted by atomic mass is 9.80. The van der Waals surface area contributed by atoms with E-state index in [0.717, 1.165) is 72.4 Å². The van der Waals surface area contributed by atoms with Gasteiger partial charge in [-0.3, -0.25) is 10.1 Å². The Labute approximate surface area is 780 Å². The fourth-order valence-corrected chi connectivity index (χ4v) is 16.8. The molecular weight excluding hydrogens is 1680 g/mol. The molecule has 0 bridgehead atoms. The van der Waals surface area contributed by atoms with E-state index in [1.54, 1.807) is 48.5 Å². The summed E-state index contributed by atoms with van der Waals surface area (Å²) >= 11 is 0. The molecule has 0 amide bonds. The number of benzene rings is 16. The van der Waals surface area contributed by atoms with E-state index in [1.165, 1.54) is 18.2 Å². The molecular formula is C115H100N4O15. The third-order valence-electron chi connectivity index (χ3n) is 23.0. The van der Waals surface area contributed by atoms with Gasteiger partial charge in [-0.1, -0.05) is 364 Å². The van der Waals surface area contributed by atoms with Crippen LogP contribution in [0.2, 0.25) is 0 Å². The van der Waals surface area contributed by atoms with Crippen LogP contribution in [0.25, 0.3) is 0 Å². The predicted molar refractivity (Wildman–Crippen MR) is 519 cm³/mol. The second kappa shape index (κ2) is 45.1. The smallest absolute Gasteiger partial charge is 0.338 e. The Hall–Kier alpha value is -15.9. The number of ether oxygens (including phenoxy) is 11. The quantitative estimate of drug-likeness (QED) is 0.00868. The average Bonchev–Trinajstić information content (AvgIpc) is 0.770. The molecule has 16 aromatic rings. The van der Waals surface area contributed by atoms with Gasteiger partial charge >= 0.3 is 11.9 Å². The second-order valence-corrected chi connectivity index (χ2v) is 31.5. The number of likely N-dealkylation sites (N-methyl/N-ethyl adjacent to an activating group) is 1. The number of azo groups is 1. The van der Waals surface area contributed by atoms with E-state index < -0.39 is 39.3 Å². The number of carbonyl (C=O) groups excluding carboxylic acids is 2. The van der Waals surface area contributed by atoms with Crippen LogP contribution in [0.1, 0.15) is 87.5 Å². The van der Waals surface area contributed by atoms with Crippen molar-refractivity contribution in [1.82, 2.24) is 0 Å². The van der Waals surface area contributed by atoms with Gasteiger partial charge in [0.2, 0.25) is 0 Å².